The first-order valence-corrected chi connectivity index (χ1v) is 11.5. The highest BCUT2D eigenvalue weighted by Gasteiger charge is 2.28. The van der Waals surface area contributed by atoms with Crippen LogP contribution in [-0.2, 0) is 14.8 Å². The summed E-state index contributed by atoms with van der Waals surface area (Å²) in [6, 6.07) is 11.9. The smallest absolute Gasteiger partial charge is 0.294 e. The van der Waals surface area contributed by atoms with E-state index in [9.17, 15) is 8.42 Å². The summed E-state index contributed by atoms with van der Waals surface area (Å²) in [6.45, 7) is 3.29. The van der Waals surface area contributed by atoms with Crippen molar-refractivity contribution in [3.63, 3.8) is 0 Å². The van der Waals surface area contributed by atoms with Crippen LogP contribution in [0.1, 0.15) is 5.56 Å². The Kier molecular flexibility index (Phi) is 5.05. The van der Waals surface area contributed by atoms with E-state index in [-0.39, 0.29) is 10.8 Å². The molecular formula is C21H18ClN3O5S. The average Bonchev–Trinajstić information content (AvgIpc) is 3.40. The maximum Gasteiger partial charge on any atom is 0.294 e. The van der Waals surface area contributed by atoms with Crippen LogP contribution in [0.2, 0.25) is 5.02 Å². The molecule has 160 valence electrons. The Hall–Kier alpha value is -2.72. The van der Waals surface area contributed by atoms with E-state index >= 15 is 0 Å². The normalized spacial score (nSPS) is 15.5. The SMILES string of the molecule is Cc1c(-c2nc(-c3ccc(Cl)cc3)no2)oc2ccc(S(=O)(=O)N3CCOCC3)cc12. The summed E-state index contributed by atoms with van der Waals surface area (Å²) < 4.78 is 44.0. The lowest BCUT2D eigenvalue weighted by Crippen LogP contribution is -2.40. The third-order valence-corrected chi connectivity index (χ3v) is 7.38. The van der Waals surface area contributed by atoms with Gasteiger partial charge in [0.25, 0.3) is 5.89 Å². The van der Waals surface area contributed by atoms with E-state index in [0.29, 0.717) is 53.9 Å². The number of ether oxygens (including phenoxy) is 1. The number of morpholine rings is 1. The first kappa shape index (κ1) is 20.2. The molecule has 0 aliphatic carbocycles. The molecule has 8 nitrogen and oxygen atoms in total. The van der Waals surface area contributed by atoms with Crippen LogP contribution in [0.25, 0.3) is 34.0 Å². The van der Waals surface area contributed by atoms with Crippen LogP contribution in [0.3, 0.4) is 0 Å². The van der Waals surface area contributed by atoms with Crippen molar-refractivity contribution in [2.75, 3.05) is 26.3 Å². The number of aryl methyl sites for hydroxylation is 1. The van der Waals surface area contributed by atoms with Crippen molar-refractivity contribution in [3.05, 3.63) is 53.1 Å². The Bertz CT molecular complexity index is 1360. The second-order valence-electron chi connectivity index (χ2n) is 7.16. The molecule has 3 heterocycles. The minimum atomic E-state index is -3.61. The monoisotopic (exact) mass is 459 g/mol. The highest BCUT2D eigenvalue weighted by atomic mass is 35.5. The minimum absolute atomic E-state index is 0.213. The molecule has 0 spiro atoms. The molecule has 0 atom stereocenters. The largest absolute Gasteiger partial charge is 0.451 e. The molecule has 0 saturated carbocycles. The third-order valence-electron chi connectivity index (χ3n) is 5.24. The molecule has 5 rings (SSSR count). The number of benzene rings is 2. The predicted octanol–water partition coefficient (Wildman–Crippen LogP) is 4.13. The van der Waals surface area contributed by atoms with Crippen LogP contribution in [0.5, 0.6) is 0 Å². The Morgan fingerprint density at radius 2 is 1.81 bits per heavy atom. The predicted molar refractivity (Wildman–Crippen MR) is 114 cm³/mol. The van der Waals surface area contributed by atoms with E-state index in [1.165, 1.54) is 4.31 Å². The van der Waals surface area contributed by atoms with Gasteiger partial charge in [-0.15, -0.1) is 0 Å². The second kappa shape index (κ2) is 7.76. The first-order valence-electron chi connectivity index (χ1n) is 9.64. The number of hydrogen-bond acceptors (Lipinski definition) is 7. The van der Waals surface area contributed by atoms with Crippen LogP contribution < -0.4 is 0 Å². The summed E-state index contributed by atoms with van der Waals surface area (Å²) in [7, 11) is -3.61. The van der Waals surface area contributed by atoms with Crippen molar-refractivity contribution < 1.29 is 22.1 Å². The third kappa shape index (κ3) is 3.63. The highest BCUT2D eigenvalue weighted by molar-refractivity contribution is 7.89. The molecule has 0 unspecified atom stereocenters. The van der Waals surface area contributed by atoms with Crippen molar-refractivity contribution in [2.45, 2.75) is 11.8 Å². The van der Waals surface area contributed by atoms with Crippen LogP contribution in [0.4, 0.5) is 0 Å². The zero-order chi connectivity index (χ0) is 21.6. The number of halogens is 1. The topological polar surface area (TPSA) is 98.7 Å². The zero-order valence-corrected chi connectivity index (χ0v) is 18.1. The van der Waals surface area contributed by atoms with Gasteiger partial charge in [-0.1, -0.05) is 16.8 Å². The van der Waals surface area contributed by atoms with E-state index in [0.717, 1.165) is 11.1 Å². The molecule has 4 aromatic rings. The van der Waals surface area contributed by atoms with Gasteiger partial charge in [-0.05, 0) is 49.4 Å². The van der Waals surface area contributed by atoms with Gasteiger partial charge in [-0.25, -0.2) is 8.42 Å². The standard InChI is InChI=1S/C21H18ClN3O5S/c1-13-17-12-16(31(26,27)25-8-10-28-11-9-25)6-7-18(17)29-19(13)21-23-20(24-30-21)14-2-4-15(22)5-3-14/h2-7,12H,8-11H2,1H3. The van der Waals surface area contributed by atoms with E-state index < -0.39 is 10.0 Å². The fourth-order valence-electron chi connectivity index (χ4n) is 3.53. The van der Waals surface area contributed by atoms with Gasteiger partial charge >= 0.3 is 0 Å². The van der Waals surface area contributed by atoms with Crippen LogP contribution in [-0.4, -0.2) is 49.2 Å². The summed E-state index contributed by atoms with van der Waals surface area (Å²) in [5.74, 6) is 1.03. The maximum absolute atomic E-state index is 13.0. The lowest BCUT2D eigenvalue weighted by Gasteiger charge is -2.26. The van der Waals surface area contributed by atoms with Gasteiger partial charge in [0.05, 0.1) is 18.1 Å². The lowest BCUT2D eigenvalue weighted by atomic mass is 10.1. The van der Waals surface area contributed by atoms with Gasteiger partial charge in [-0.2, -0.15) is 9.29 Å². The van der Waals surface area contributed by atoms with Crippen molar-refractivity contribution in [1.29, 1.82) is 0 Å². The number of furan rings is 1. The Balaban J connectivity index is 1.52. The summed E-state index contributed by atoms with van der Waals surface area (Å²) in [5, 5.41) is 5.31. The molecular weight excluding hydrogens is 442 g/mol. The van der Waals surface area contributed by atoms with Gasteiger partial charge in [0.2, 0.25) is 15.8 Å². The summed E-state index contributed by atoms with van der Waals surface area (Å²) in [4.78, 5) is 4.64. The van der Waals surface area contributed by atoms with Crippen LogP contribution >= 0.6 is 11.6 Å². The molecule has 2 aromatic heterocycles. The van der Waals surface area contributed by atoms with E-state index in [4.69, 9.17) is 25.3 Å². The van der Waals surface area contributed by atoms with Crippen LogP contribution in [0.15, 0.2) is 56.3 Å². The minimum Gasteiger partial charge on any atom is -0.451 e. The highest BCUT2D eigenvalue weighted by Crippen LogP contribution is 2.35. The second-order valence-corrected chi connectivity index (χ2v) is 9.54. The molecule has 1 aliphatic heterocycles. The van der Waals surface area contributed by atoms with Crippen molar-refractivity contribution in [1.82, 2.24) is 14.4 Å². The van der Waals surface area contributed by atoms with E-state index in [1.807, 2.05) is 6.92 Å². The molecule has 1 aliphatic rings. The summed E-state index contributed by atoms with van der Waals surface area (Å²) in [5.41, 5.74) is 2.02. The van der Waals surface area contributed by atoms with Gasteiger partial charge in [0.15, 0.2) is 5.76 Å². The molecule has 0 amide bonds. The average molecular weight is 460 g/mol. The Morgan fingerprint density at radius 3 is 2.55 bits per heavy atom. The van der Waals surface area contributed by atoms with Crippen molar-refractivity contribution >= 4 is 32.6 Å². The van der Waals surface area contributed by atoms with Gasteiger partial charge in [0, 0.05) is 34.6 Å². The van der Waals surface area contributed by atoms with Crippen molar-refractivity contribution in [3.8, 4) is 23.0 Å². The maximum atomic E-state index is 13.0. The zero-order valence-electron chi connectivity index (χ0n) is 16.5. The Labute approximate surface area is 183 Å². The Morgan fingerprint density at radius 1 is 1.06 bits per heavy atom. The van der Waals surface area contributed by atoms with E-state index in [2.05, 4.69) is 10.1 Å². The lowest BCUT2D eigenvalue weighted by molar-refractivity contribution is 0.0730. The summed E-state index contributed by atoms with van der Waals surface area (Å²) >= 11 is 5.93. The fraction of sp³-hybridized carbons (Fsp3) is 0.238. The molecule has 0 N–H and O–H groups in total. The molecule has 0 bridgehead atoms. The molecule has 1 saturated heterocycles. The van der Waals surface area contributed by atoms with Gasteiger partial charge < -0.3 is 13.7 Å². The molecule has 0 radical (unpaired) electrons. The molecule has 10 heteroatoms. The van der Waals surface area contributed by atoms with Gasteiger partial charge in [0.1, 0.15) is 5.58 Å². The quantitative estimate of drug-likeness (QED) is 0.452. The van der Waals surface area contributed by atoms with Crippen LogP contribution in [0, 0.1) is 6.92 Å². The molecule has 31 heavy (non-hydrogen) atoms. The number of sulfonamides is 1. The first-order chi connectivity index (χ1) is 14.9. The fourth-order valence-corrected chi connectivity index (χ4v) is 5.09. The number of fused-ring (bicyclic) bond motifs is 1. The number of hydrogen-bond donors (Lipinski definition) is 0. The van der Waals surface area contributed by atoms with Crippen molar-refractivity contribution in [2.24, 2.45) is 0 Å². The summed E-state index contributed by atoms with van der Waals surface area (Å²) in [6.07, 6.45) is 0. The van der Waals surface area contributed by atoms with Gasteiger partial charge in [-0.3, -0.25) is 0 Å². The van der Waals surface area contributed by atoms with E-state index in [1.54, 1.807) is 42.5 Å². The number of aromatic nitrogens is 2. The molecule has 1 fully saturated rings. The molecule has 2 aromatic carbocycles. The number of rotatable bonds is 4. The number of nitrogens with zero attached hydrogens (tertiary/aromatic N) is 3.